The molecule has 4 heterocycles. The summed E-state index contributed by atoms with van der Waals surface area (Å²) in [6, 6.07) is 0. The lowest BCUT2D eigenvalue weighted by molar-refractivity contribution is -0.0500. The van der Waals surface area contributed by atoms with Crippen molar-refractivity contribution in [3.8, 4) is 0 Å². The van der Waals surface area contributed by atoms with Crippen molar-refractivity contribution in [1.29, 1.82) is 0 Å². The lowest BCUT2D eigenvalue weighted by Gasteiger charge is -2.22. The van der Waals surface area contributed by atoms with E-state index in [1.54, 1.807) is 0 Å². The molecule has 2 saturated heterocycles. The molecule has 39 heavy (non-hydrogen) atoms. The maximum atomic E-state index is 12.3. The van der Waals surface area contributed by atoms with Crippen LogP contribution in [-0.2, 0) is 41.1 Å². The highest BCUT2D eigenvalue weighted by atomic mass is 31.3. The zero-order valence-corrected chi connectivity index (χ0v) is 22.0. The molecule has 2 aromatic rings. The molecule has 9 atom stereocenters. The van der Waals surface area contributed by atoms with Gasteiger partial charge in [0.2, 0.25) is 0 Å². The van der Waals surface area contributed by atoms with Gasteiger partial charge >= 0.3 is 23.5 Å². The van der Waals surface area contributed by atoms with E-state index in [1.807, 2.05) is 0 Å². The molecule has 0 amide bonds. The van der Waals surface area contributed by atoms with Crippen molar-refractivity contribution >= 4 is 40.4 Å². The van der Waals surface area contributed by atoms with Crippen LogP contribution >= 0.6 is 23.5 Å². The minimum atomic E-state index is -5.40. The van der Waals surface area contributed by atoms with Crippen molar-refractivity contribution in [2.45, 2.75) is 42.9 Å². The second-order valence-electron chi connectivity index (χ2n) is 8.24. The third-order valence-electron chi connectivity index (χ3n) is 5.50. The molecule has 9 N–H and O–H groups in total. The number of aliphatic hydroxyl groups excluding tert-OH is 3. The van der Waals surface area contributed by atoms with E-state index in [0.29, 0.717) is 0 Å². The number of ether oxygens (including phenoxy) is 2. The minimum absolute atomic E-state index is 0.0268. The molecule has 21 nitrogen and oxygen atoms in total. The van der Waals surface area contributed by atoms with Crippen LogP contribution in [-0.4, -0.2) is 111 Å². The Balaban J connectivity index is 1.43. The number of nitrogens with zero attached hydrogens (tertiary/aromatic N) is 4. The molecule has 2 fully saturated rings. The second-order valence-corrected chi connectivity index (χ2v) is 12.5. The fourth-order valence-electron chi connectivity index (χ4n) is 3.73. The van der Waals surface area contributed by atoms with Gasteiger partial charge < -0.3 is 50.1 Å². The standard InChI is InChI=1S/C15H24N5O16P3/c16-13-9-14(18-4-17-13)20(5-19-9)15-12(35-37(24,25)26)11(23)8(34-15)3-33-39(29,30)36-38(27,28)32-2-7-10(22)6(21)1-31-7/h4-8,10-12,15,21-23H,1-3H2,(H,27,28)(H,29,30)(H2,16,17,18)(H2,24,25,26)/t6-,7?,8+,10-,11+,12+,15+/m0/s1. The summed E-state index contributed by atoms with van der Waals surface area (Å²) >= 11 is 0. The van der Waals surface area contributed by atoms with E-state index in [1.165, 1.54) is 0 Å². The number of imidazole rings is 1. The highest BCUT2D eigenvalue weighted by Crippen LogP contribution is 2.60. The van der Waals surface area contributed by atoms with Gasteiger partial charge in [0.15, 0.2) is 17.7 Å². The number of nitrogens with two attached hydrogens (primary N) is 1. The van der Waals surface area contributed by atoms with Crippen LogP contribution in [0.4, 0.5) is 5.82 Å². The van der Waals surface area contributed by atoms with Crippen molar-refractivity contribution in [3.05, 3.63) is 12.7 Å². The fraction of sp³-hybridized carbons (Fsp3) is 0.667. The number of phosphoric ester groups is 3. The lowest BCUT2D eigenvalue weighted by Crippen LogP contribution is -2.35. The van der Waals surface area contributed by atoms with Crippen LogP contribution in [0.5, 0.6) is 0 Å². The number of anilines is 1. The van der Waals surface area contributed by atoms with Crippen LogP contribution < -0.4 is 5.73 Å². The summed E-state index contributed by atoms with van der Waals surface area (Å²) in [5.41, 5.74) is 5.84. The molecule has 0 spiro atoms. The number of fused-ring (bicyclic) bond motifs is 1. The number of aliphatic hydroxyl groups is 3. The van der Waals surface area contributed by atoms with E-state index in [2.05, 4.69) is 32.8 Å². The maximum absolute atomic E-state index is 12.3. The van der Waals surface area contributed by atoms with Crippen LogP contribution in [0.3, 0.4) is 0 Å². The molecular weight excluding hydrogens is 599 g/mol. The Labute approximate surface area is 217 Å². The van der Waals surface area contributed by atoms with Gasteiger partial charge in [0.05, 0.1) is 26.1 Å². The highest BCUT2D eigenvalue weighted by molar-refractivity contribution is 7.61. The molecule has 24 heteroatoms. The van der Waals surface area contributed by atoms with Gasteiger partial charge in [-0.25, -0.2) is 28.6 Å². The van der Waals surface area contributed by atoms with Gasteiger partial charge in [0.1, 0.15) is 48.5 Å². The monoisotopic (exact) mass is 623 g/mol. The Morgan fingerprint density at radius 2 is 1.62 bits per heavy atom. The van der Waals surface area contributed by atoms with Crippen LogP contribution in [0.25, 0.3) is 11.2 Å². The van der Waals surface area contributed by atoms with Crippen molar-refractivity contribution in [1.82, 2.24) is 19.5 Å². The Hall–Kier alpha value is -1.48. The summed E-state index contributed by atoms with van der Waals surface area (Å²) in [5, 5.41) is 29.7. The molecule has 2 aliphatic heterocycles. The zero-order valence-electron chi connectivity index (χ0n) is 19.3. The summed E-state index contributed by atoms with van der Waals surface area (Å²) in [7, 11) is -15.9. The Bertz CT molecular complexity index is 1320. The summed E-state index contributed by atoms with van der Waals surface area (Å²) in [5.74, 6) is -0.0381. The van der Waals surface area contributed by atoms with Gasteiger partial charge in [-0.2, -0.15) is 4.31 Å². The molecule has 4 rings (SSSR count). The first-order valence-electron chi connectivity index (χ1n) is 10.7. The number of phosphoric acid groups is 3. The number of hydrogen-bond acceptors (Lipinski definition) is 16. The summed E-state index contributed by atoms with van der Waals surface area (Å²) in [6.45, 7) is -2.10. The normalized spacial score (nSPS) is 32.8. The second kappa shape index (κ2) is 11.4. The lowest BCUT2D eigenvalue weighted by atomic mass is 10.1. The third-order valence-corrected chi connectivity index (χ3v) is 8.62. The van der Waals surface area contributed by atoms with Crippen LogP contribution in [0, 0.1) is 0 Å². The molecule has 0 radical (unpaired) electrons. The predicted molar refractivity (Wildman–Crippen MR) is 121 cm³/mol. The van der Waals surface area contributed by atoms with Gasteiger partial charge in [0.25, 0.3) is 0 Å². The number of nitrogen functional groups attached to an aromatic ring is 1. The van der Waals surface area contributed by atoms with E-state index in [-0.39, 0.29) is 23.6 Å². The van der Waals surface area contributed by atoms with E-state index < -0.39 is 79.5 Å². The molecule has 220 valence electrons. The minimum Gasteiger partial charge on any atom is -0.388 e. The average molecular weight is 623 g/mol. The summed E-state index contributed by atoms with van der Waals surface area (Å²) in [4.78, 5) is 49.9. The molecular formula is C15H24N5O16P3. The van der Waals surface area contributed by atoms with Crippen LogP contribution in [0.1, 0.15) is 6.23 Å². The van der Waals surface area contributed by atoms with Crippen molar-refractivity contribution < 1.29 is 75.9 Å². The number of aromatic nitrogens is 4. The quantitative estimate of drug-likeness (QED) is 0.120. The SMILES string of the molecule is Nc1ncnc2c1ncn2[C@@H]1O[C@H](COP(=O)(O)OP(=O)(O)OCC2OC[C@H](O)[C@@H]2O)[C@@H](O)[C@H]1OP(=O)(O)O. The largest absolute Gasteiger partial charge is 0.481 e. The van der Waals surface area contributed by atoms with Crippen LogP contribution in [0.2, 0.25) is 0 Å². The first kappa shape index (κ1) is 30.5. The van der Waals surface area contributed by atoms with E-state index in [9.17, 15) is 48.6 Å². The molecule has 2 aliphatic rings. The Morgan fingerprint density at radius 3 is 2.21 bits per heavy atom. The molecule has 0 aromatic carbocycles. The number of hydrogen-bond donors (Lipinski definition) is 8. The van der Waals surface area contributed by atoms with E-state index in [0.717, 1.165) is 17.2 Å². The van der Waals surface area contributed by atoms with Gasteiger partial charge in [-0.05, 0) is 0 Å². The third kappa shape index (κ3) is 7.24. The topological polar surface area (TPSA) is 318 Å². The van der Waals surface area contributed by atoms with Crippen molar-refractivity contribution in [2.75, 3.05) is 25.6 Å². The molecule has 0 bridgehead atoms. The zero-order chi connectivity index (χ0) is 28.8. The Morgan fingerprint density at radius 1 is 0.974 bits per heavy atom. The summed E-state index contributed by atoms with van der Waals surface area (Å²) < 4.78 is 65.4. The molecule has 0 aliphatic carbocycles. The smallest absolute Gasteiger partial charge is 0.388 e. The highest BCUT2D eigenvalue weighted by Gasteiger charge is 2.50. The van der Waals surface area contributed by atoms with Crippen molar-refractivity contribution in [2.24, 2.45) is 0 Å². The van der Waals surface area contributed by atoms with E-state index in [4.69, 9.17) is 15.2 Å². The predicted octanol–water partition coefficient (Wildman–Crippen LogP) is -2.48. The summed E-state index contributed by atoms with van der Waals surface area (Å²) in [6.07, 6.45) is -8.61. The van der Waals surface area contributed by atoms with Gasteiger partial charge in [-0.15, -0.1) is 0 Å². The first-order chi connectivity index (χ1) is 18.1. The molecule has 3 unspecified atom stereocenters. The van der Waals surface area contributed by atoms with Crippen LogP contribution in [0.15, 0.2) is 12.7 Å². The molecule has 0 saturated carbocycles. The van der Waals surface area contributed by atoms with E-state index >= 15 is 0 Å². The first-order valence-corrected chi connectivity index (χ1v) is 15.2. The fourth-order valence-corrected chi connectivity index (χ4v) is 6.37. The average Bonchev–Trinajstić information content (AvgIpc) is 3.47. The van der Waals surface area contributed by atoms with Crippen molar-refractivity contribution in [3.63, 3.8) is 0 Å². The van der Waals surface area contributed by atoms with Gasteiger partial charge in [-0.1, -0.05) is 0 Å². The molecule has 2 aromatic heterocycles. The van der Waals surface area contributed by atoms with Gasteiger partial charge in [0, 0.05) is 0 Å². The Kier molecular flexibility index (Phi) is 8.92. The maximum Gasteiger partial charge on any atom is 0.481 e. The van der Waals surface area contributed by atoms with Gasteiger partial charge in [-0.3, -0.25) is 18.1 Å². The number of rotatable bonds is 11.